The van der Waals surface area contributed by atoms with Crippen molar-refractivity contribution in [2.75, 3.05) is 18.0 Å². The summed E-state index contributed by atoms with van der Waals surface area (Å²) in [5.41, 5.74) is 9.99. The van der Waals surface area contributed by atoms with Gasteiger partial charge in [-0.05, 0) is 29.7 Å². The normalized spacial score (nSPS) is 18.5. The molecular formula is C15H17N3. The summed E-state index contributed by atoms with van der Waals surface area (Å²) < 4.78 is 0. The fourth-order valence-corrected chi connectivity index (χ4v) is 2.75. The minimum absolute atomic E-state index is 0.275. The largest absolute Gasteiger partial charge is 0.363 e. The number of hydrogen-bond acceptors (Lipinski definition) is 3. The molecule has 0 saturated carbocycles. The molecule has 1 unspecified atom stereocenters. The van der Waals surface area contributed by atoms with Gasteiger partial charge in [-0.25, -0.2) is 0 Å². The predicted molar refractivity (Wildman–Crippen MR) is 73.5 cm³/mol. The highest BCUT2D eigenvalue weighted by atomic mass is 15.2. The number of rotatable bonds is 2. The third-order valence-electron chi connectivity index (χ3n) is 3.63. The van der Waals surface area contributed by atoms with Crippen LogP contribution in [0.4, 0.5) is 5.69 Å². The summed E-state index contributed by atoms with van der Waals surface area (Å²) in [6.07, 6.45) is 4.75. The highest BCUT2D eigenvalue weighted by Crippen LogP contribution is 2.32. The van der Waals surface area contributed by atoms with Crippen molar-refractivity contribution in [1.82, 2.24) is 4.98 Å². The first-order chi connectivity index (χ1) is 8.90. The maximum absolute atomic E-state index is 5.99. The van der Waals surface area contributed by atoms with E-state index in [2.05, 4.69) is 46.3 Å². The van der Waals surface area contributed by atoms with E-state index in [1.165, 1.54) is 16.8 Å². The molecule has 0 amide bonds. The number of aromatic nitrogens is 1. The quantitative estimate of drug-likeness (QED) is 0.873. The van der Waals surface area contributed by atoms with Gasteiger partial charge >= 0.3 is 0 Å². The standard InChI is InChI=1S/C15H17N3/c16-11-15-14-4-2-1-3-12(14)7-10-18(15)13-5-8-17-9-6-13/h1-6,8-9,15H,7,10-11,16H2. The van der Waals surface area contributed by atoms with Gasteiger partial charge < -0.3 is 10.6 Å². The van der Waals surface area contributed by atoms with Gasteiger partial charge in [-0.15, -0.1) is 0 Å². The Hall–Kier alpha value is -1.87. The molecule has 3 rings (SSSR count). The number of anilines is 1. The predicted octanol–water partition coefficient (Wildman–Crippen LogP) is 2.14. The fourth-order valence-electron chi connectivity index (χ4n) is 2.75. The molecule has 1 atom stereocenters. The van der Waals surface area contributed by atoms with Crippen LogP contribution >= 0.6 is 0 Å². The minimum atomic E-state index is 0.275. The molecule has 3 heteroatoms. The lowest BCUT2D eigenvalue weighted by Gasteiger charge is -2.38. The first-order valence-electron chi connectivity index (χ1n) is 6.34. The van der Waals surface area contributed by atoms with Crippen molar-refractivity contribution in [3.05, 3.63) is 59.9 Å². The summed E-state index contributed by atoms with van der Waals surface area (Å²) in [5.74, 6) is 0. The van der Waals surface area contributed by atoms with Crippen molar-refractivity contribution in [2.45, 2.75) is 12.5 Å². The molecule has 92 valence electrons. The van der Waals surface area contributed by atoms with Crippen molar-refractivity contribution in [1.29, 1.82) is 0 Å². The lowest BCUT2D eigenvalue weighted by Crippen LogP contribution is -2.39. The fraction of sp³-hybridized carbons (Fsp3) is 0.267. The third kappa shape index (κ3) is 1.87. The Morgan fingerprint density at radius 1 is 1.17 bits per heavy atom. The zero-order valence-corrected chi connectivity index (χ0v) is 10.3. The van der Waals surface area contributed by atoms with Gasteiger partial charge in [0, 0.05) is 31.2 Å². The molecule has 3 nitrogen and oxygen atoms in total. The van der Waals surface area contributed by atoms with E-state index in [4.69, 9.17) is 5.73 Å². The Bertz CT molecular complexity index is 524. The van der Waals surface area contributed by atoms with Gasteiger partial charge in [-0.2, -0.15) is 0 Å². The van der Waals surface area contributed by atoms with E-state index >= 15 is 0 Å². The number of fused-ring (bicyclic) bond motifs is 1. The zero-order valence-electron chi connectivity index (χ0n) is 10.3. The maximum atomic E-state index is 5.99. The summed E-state index contributed by atoms with van der Waals surface area (Å²) in [4.78, 5) is 6.46. The molecule has 2 aromatic rings. The number of nitrogens with two attached hydrogens (primary N) is 1. The van der Waals surface area contributed by atoms with Crippen LogP contribution in [0.5, 0.6) is 0 Å². The first-order valence-corrected chi connectivity index (χ1v) is 6.34. The minimum Gasteiger partial charge on any atom is -0.363 e. The second kappa shape index (κ2) is 4.78. The summed E-state index contributed by atoms with van der Waals surface area (Å²) in [7, 11) is 0. The van der Waals surface area contributed by atoms with Gasteiger partial charge in [0.05, 0.1) is 6.04 Å². The average Bonchev–Trinajstić information content (AvgIpc) is 2.47. The van der Waals surface area contributed by atoms with Crippen molar-refractivity contribution >= 4 is 5.69 Å². The van der Waals surface area contributed by atoms with E-state index < -0.39 is 0 Å². The van der Waals surface area contributed by atoms with Crippen molar-refractivity contribution in [2.24, 2.45) is 5.73 Å². The molecule has 0 fully saturated rings. The van der Waals surface area contributed by atoms with E-state index in [1.807, 2.05) is 12.4 Å². The average molecular weight is 239 g/mol. The molecule has 1 aromatic carbocycles. The van der Waals surface area contributed by atoms with E-state index in [1.54, 1.807) is 0 Å². The van der Waals surface area contributed by atoms with Gasteiger partial charge in [0.25, 0.3) is 0 Å². The molecule has 1 aromatic heterocycles. The Kier molecular flexibility index (Phi) is 2.99. The third-order valence-corrected chi connectivity index (χ3v) is 3.63. The lowest BCUT2D eigenvalue weighted by atomic mass is 9.92. The second-order valence-corrected chi connectivity index (χ2v) is 4.60. The van der Waals surface area contributed by atoms with Crippen molar-refractivity contribution in [3.8, 4) is 0 Å². The van der Waals surface area contributed by atoms with Gasteiger partial charge in [-0.3, -0.25) is 4.98 Å². The van der Waals surface area contributed by atoms with Crippen LogP contribution in [0.3, 0.4) is 0 Å². The molecule has 0 saturated heterocycles. The van der Waals surface area contributed by atoms with E-state index in [-0.39, 0.29) is 6.04 Å². The highest BCUT2D eigenvalue weighted by molar-refractivity contribution is 5.51. The summed E-state index contributed by atoms with van der Waals surface area (Å²) in [6, 6.07) is 13.0. The lowest BCUT2D eigenvalue weighted by molar-refractivity contribution is 0.590. The van der Waals surface area contributed by atoms with E-state index in [0.29, 0.717) is 6.54 Å². The van der Waals surface area contributed by atoms with Gasteiger partial charge in [-0.1, -0.05) is 24.3 Å². The van der Waals surface area contributed by atoms with Crippen LogP contribution < -0.4 is 10.6 Å². The van der Waals surface area contributed by atoms with Crippen LogP contribution in [-0.2, 0) is 6.42 Å². The van der Waals surface area contributed by atoms with Crippen LogP contribution in [0, 0.1) is 0 Å². The van der Waals surface area contributed by atoms with Crippen LogP contribution in [0.25, 0.3) is 0 Å². The van der Waals surface area contributed by atoms with E-state index in [9.17, 15) is 0 Å². The first kappa shape index (κ1) is 11.2. The number of pyridine rings is 1. The SMILES string of the molecule is NCC1c2ccccc2CCN1c1ccncc1. The summed E-state index contributed by atoms with van der Waals surface area (Å²) in [6.45, 7) is 1.65. The topological polar surface area (TPSA) is 42.1 Å². The summed E-state index contributed by atoms with van der Waals surface area (Å²) in [5, 5.41) is 0. The molecule has 2 heterocycles. The smallest absolute Gasteiger partial charge is 0.0667 e. The molecule has 0 bridgehead atoms. The molecule has 1 aliphatic rings. The zero-order chi connectivity index (χ0) is 12.4. The van der Waals surface area contributed by atoms with Crippen molar-refractivity contribution in [3.63, 3.8) is 0 Å². The monoisotopic (exact) mass is 239 g/mol. The van der Waals surface area contributed by atoms with E-state index in [0.717, 1.165) is 13.0 Å². The van der Waals surface area contributed by atoms with Gasteiger partial charge in [0.1, 0.15) is 0 Å². The van der Waals surface area contributed by atoms with Gasteiger partial charge in [0.2, 0.25) is 0 Å². The molecule has 1 aliphatic heterocycles. The molecule has 0 spiro atoms. The second-order valence-electron chi connectivity index (χ2n) is 4.60. The maximum Gasteiger partial charge on any atom is 0.0667 e. The highest BCUT2D eigenvalue weighted by Gasteiger charge is 2.25. The Balaban J connectivity index is 2.00. The van der Waals surface area contributed by atoms with Crippen LogP contribution in [0.1, 0.15) is 17.2 Å². The number of hydrogen-bond donors (Lipinski definition) is 1. The molecular weight excluding hydrogens is 222 g/mol. The number of benzene rings is 1. The Morgan fingerprint density at radius 2 is 1.94 bits per heavy atom. The Morgan fingerprint density at radius 3 is 2.72 bits per heavy atom. The molecule has 0 aliphatic carbocycles. The van der Waals surface area contributed by atoms with Crippen LogP contribution in [-0.4, -0.2) is 18.1 Å². The summed E-state index contributed by atoms with van der Waals surface area (Å²) >= 11 is 0. The van der Waals surface area contributed by atoms with Crippen LogP contribution in [0.15, 0.2) is 48.8 Å². The van der Waals surface area contributed by atoms with Crippen LogP contribution in [0.2, 0.25) is 0 Å². The molecule has 2 N–H and O–H groups in total. The van der Waals surface area contributed by atoms with Crippen molar-refractivity contribution < 1.29 is 0 Å². The molecule has 18 heavy (non-hydrogen) atoms. The molecule has 0 radical (unpaired) electrons. The number of nitrogens with zero attached hydrogens (tertiary/aromatic N) is 2. The Labute approximate surface area is 107 Å². The van der Waals surface area contributed by atoms with Gasteiger partial charge in [0.15, 0.2) is 0 Å².